The number of halogens is 1. The van der Waals surface area contributed by atoms with Crippen molar-refractivity contribution in [1.82, 2.24) is 9.88 Å². The Morgan fingerprint density at radius 3 is 2.69 bits per heavy atom. The minimum absolute atomic E-state index is 0.0807. The van der Waals surface area contributed by atoms with Crippen molar-refractivity contribution in [2.75, 3.05) is 13.2 Å². The van der Waals surface area contributed by atoms with Crippen molar-refractivity contribution in [2.45, 2.75) is 39.2 Å². The quantitative estimate of drug-likeness (QED) is 0.831. The van der Waals surface area contributed by atoms with Gasteiger partial charge in [-0.05, 0) is 43.0 Å². The van der Waals surface area contributed by atoms with Gasteiger partial charge in [0.25, 0.3) is 0 Å². The van der Waals surface area contributed by atoms with E-state index in [4.69, 9.17) is 5.11 Å². The first-order valence-corrected chi connectivity index (χ1v) is 8.87. The molecule has 0 fully saturated rings. The molecule has 1 aliphatic carbocycles. The van der Waals surface area contributed by atoms with E-state index in [0.29, 0.717) is 18.5 Å². The van der Waals surface area contributed by atoms with Crippen molar-refractivity contribution in [2.24, 2.45) is 0 Å². The highest BCUT2D eigenvalue weighted by atomic mass is 19.1. The number of hydrogen-bond donors (Lipinski definition) is 2. The fraction of sp³-hybridized carbons (Fsp3) is 0.400. The van der Waals surface area contributed by atoms with Gasteiger partial charge >= 0.3 is 0 Å². The maximum atomic E-state index is 13.2. The molecular weight excluding hydrogens is 335 g/mol. The molecule has 2 aromatic rings. The Morgan fingerprint density at radius 2 is 2.00 bits per heavy atom. The Morgan fingerprint density at radius 1 is 1.27 bits per heavy atom. The van der Waals surface area contributed by atoms with Crippen LogP contribution in [-0.2, 0) is 24.2 Å². The fourth-order valence-corrected chi connectivity index (χ4v) is 3.61. The first kappa shape index (κ1) is 18.3. The second-order valence-corrected chi connectivity index (χ2v) is 6.63. The average molecular weight is 358 g/mol. The summed E-state index contributed by atoms with van der Waals surface area (Å²) in [5.41, 5.74) is 4.25. The number of aliphatic hydroxyl groups excluding tert-OH is 1. The van der Waals surface area contributed by atoms with E-state index in [1.165, 1.54) is 12.1 Å². The number of aromatic nitrogens is 1. The van der Waals surface area contributed by atoms with E-state index in [-0.39, 0.29) is 37.1 Å². The van der Waals surface area contributed by atoms with Crippen LogP contribution < -0.4 is 5.32 Å². The van der Waals surface area contributed by atoms with Crippen molar-refractivity contribution in [3.05, 3.63) is 58.2 Å². The first-order valence-electron chi connectivity index (χ1n) is 8.87. The summed E-state index contributed by atoms with van der Waals surface area (Å²) in [5, 5.41) is 11.5. The smallest absolute Gasteiger partial charge is 0.224 e. The van der Waals surface area contributed by atoms with Gasteiger partial charge in [-0.25, -0.2) is 4.39 Å². The number of carbonyl (C=O) groups excluding carboxylic acids is 2. The van der Waals surface area contributed by atoms with Crippen LogP contribution in [0.25, 0.3) is 0 Å². The topological polar surface area (TPSA) is 71.3 Å². The molecule has 0 aliphatic heterocycles. The van der Waals surface area contributed by atoms with E-state index in [9.17, 15) is 14.0 Å². The van der Waals surface area contributed by atoms with Gasteiger partial charge in [-0.15, -0.1) is 0 Å². The number of nitrogens with zero attached hydrogens (tertiary/aromatic N) is 1. The van der Waals surface area contributed by atoms with Gasteiger partial charge in [0.1, 0.15) is 5.82 Å². The predicted octanol–water partition coefficient (Wildman–Crippen LogP) is 2.15. The summed E-state index contributed by atoms with van der Waals surface area (Å²) in [6.07, 6.45) is 2.21. The van der Waals surface area contributed by atoms with E-state index >= 15 is 0 Å². The van der Waals surface area contributed by atoms with E-state index in [1.807, 2.05) is 6.92 Å². The third kappa shape index (κ3) is 3.70. The average Bonchev–Trinajstić information content (AvgIpc) is 2.88. The van der Waals surface area contributed by atoms with E-state index in [0.717, 1.165) is 35.4 Å². The van der Waals surface area contributed by atoms with Crippen LogP contribution in [0.5, 0.6) is 0 Å². The molecule has 0 saturated heterocycles. The van der Waals surface area contributed by atoms with Gasteiger partial charge in [0, 0.05) is 36.5 Å². The van der Waals surface area contributed by atoms with Gasteiger partial charge < -0.3 is 15.0 Å². The van der Waals surface area contributed by atoms with Crippen molar-refractivity contribution in [3.8, 4) is 0 Å². The lowest BCUT2D eigenvalue weighted by molar-refractivity contribution is -0.120. The third-order valence-electron chi connectivity index (χ3n) is 4.88. The molecule has 1 heterocycles. The molecule has 26 heavy (non-hydrogen) atoms. The van der Waals surface area contributed by atoms with Crippen molar-refractivity contribution in [1.29, 1.82) is 0 Å². The zero-order valence-corrected chi connectivity index (χ0v) is 14.8. The lowest BCUT2D eigenvalue weighted by Gasteiger charge is -2.16. The van der Waals surface area contributed by atoms with Gasteiger partial charge in [-0.1, -0.05) is 12.1 Å². The number of carbonyl (C=O) groups is 2. The molecule has 3 rings (SSSR count). The standard InChI is InChI=1S/C20H23FN2O3/c1-13-16(11-19(26)22-9-10-24)20-17(3-2-4-18(20)25)23(13)12-14-5-7-15(21)8-6-14/h5-8,24H,2-4,9-12H2,1H3,(H,22,26). The summed E-state index contributed by atoms with van der Waals surface area (Å²) < 4.78 is 15.2. The van der Waals surface area contributed by atoms with Gasteiger partial charge in [0.15, 0.2) is 5.78 Å². The highest BCUT2D eigenvalue weighted by molar-refractivity contribution is 6.01. The largest absolute Gasteiger partial charge is 0.395 e. The maximum absolute atomic E-state index is 13.2. The van der Waals surface area contributed by atoms with Crippen LogP contribution in [0.4, 0.5) is 4.39 Å². The monoisotopic (exact) mass is 358 g/mol. The minimum atomic E-state index is -0.281. The molecule has 6 heteroatoms. The number of rotatable bonds is 6. The van der Waals surface area contributed by atoms with E-state index in [1.54, 1.807) is 12.1 Å². The molecule has 0 spiro atoms. The second-order valence-electron chi connectivity index (χ2n) is 6.63. The third-order valence-corrected chi connectivity index (χ3v) is 4.88. The molecule has 138 valence electrons. The number of nitrogens with one attached hydrogen (secondary N) is 1. The maximum Gasteiger partial charge on any atom is 0.224 e. The number of amides is 1. The molecule has 2 N–H and O–H groups in total. The molecule has 0 radical (unpaired) electrons. The molecule has 0 bridgehead atoms. The highest BCUT2D eigenvalue weighted by Crippen LogP contribution is 2.31. The van der Waals surface area contributed by atoms with Crippen LogP contribution in [0.1, 0.15) is 45.7 Å². The number of fused-ring (bicyclic) bond motifs is 1. The van der Waals surface area contributed by atoms with Gasteiger partial charge in [0.2, 0.25) is 5.91 Å². The Bertz CT molecular complexity index is 825. The van der Waals surface area contributed by atoms with Crippen molar-refractivity contribution in [3.63, 3.8) is 0 Å². The summed E-state index contributed by atoms with van der Waals surface area (Å²) in [5.74, 6) is -0.407. The fourth-order valence-electron chi connectivity index (χ4n) is 3.61. The van der Waals surface area contributed by atoms with Gasteiger partial charge in [0.05, 0.1) is 13.0 Å². The molecule has 1 aliphatic rings. The Kier molecular flexibility index (Phi) is 5.52. The van der Waals surface area contributed by atoms with Crippen LogP contribution in [0, 0.1) is 12.7 Å². The Balaban J connectivity index is 1.96. The molecule has 0 atom stereocenters. The number of ketones is 1. The number of hydrogen-bond acceptors (Lipinski definition) is 3. The van der Waals surface area contributed by atoms with Gasteiger partial charge in [-0.2, -0.15) is 0 Å². The molecule has 0 saturated carbocycles. The lowest BCUT2D eigenvalue weighted by Crippen LogP contribution is -2.28. The van der Waals surface area contributed by atoms with Crippen LogP contribution >= 0.6 is 0 Å². The molecule has 1 aromatic carbocycles. The summed E-state index contributed by atoms with van der Waals surface area (Å²) in [7, 11) is 0. The normalized spacial score (nSPS) is 13.6. The first-order chi connectivity index (χ1) is 12.5. The van der Waals surface area contributed by atoms with Crippen LogP contribution in [-0.4, -0.2) is 34.5 Å². The summed E-state index contributed by atoms with van der Waals surface area (Å²) >= 11 is 0. The van der Waals surface area contributed by atoms with Gasteiger partial charge in [-0.3, -0.25) is 9.59 Å². The SMILES string of the molecule is Cc1c(CC(=O)NCCO)c2c(n1Cc1ccc(F)cc1)CCCC2=O. The zero-order valence-electron chi connectivity index (χ0n) is 14.8. The van der Waals surface area contributed by atoms with Crippen LogP contribution in [0.2, 0.25) is 0 Å². The van der Waals surface area contributed by atoms with Crippen LogP contribution in [0.3, 0.4) is 0 Å². The summed E-state index contributed by atoms with van der Waals surface area (Å²) in [6, 6.07) is 6.32. The molecule has 5 nitrogen and oxygen atoms in total. The zero-order chi connectivity index (χ0) is 18.7. The number of Topliss-reactive ketones (excluding diaryl/α,β-unsaturated/α-hetero) is 1. The van der Waals surface area contributed by atoms with E-state index in [2.05, 4.69) is 9.88 Å². The number of benzene rings is 1. The minimum Gasteiger partial charge on any atom is -0.395 e. The van der Waals surface area contributed by atoms with Crippen LogP contribution in [0.15, 0.2) is 24.3 Å². The molecular formula is C20H23FN2O3. The van der Waals surface area contributed by atoms with Crippen molar-refractivity contribution < 1.29 is 19.1 Å². The number of aliphatic hydroxyl groups is 1. The highest BCUT2D eigenvalue weighted by Gasteiger charge is 2.28. The molecule has 0 unspecified atom stereocenters. The predicted molar refractivity (Wildman–Crippen MR) is 95.7 cm³/mol. The molecule has 1 amide bonds. The summed E-state index contributed by atoms with van der Waals surface area (Å²) in [6.45, 7) is 2.54. The second kappa shape index (κ2) is 7.83. The Labute approximate surface area is 151 Å². The Hall–Kier alpha value is -2.47. The van der Waals surface area contributed by atoms with E-state index < -0.39 is 0 Å². The summed E-state index contributed by atoms with van der Waals surface area (Å²) in [4.78, 5) is 24.7. The lowest BCUT2D eigenvalue weighted by atomic mass is 9.92. The molecule has 1 aromatic heterocycles. The van der Waals surface area contributed by atoms with Crippen molar-refractivity contribution >= 4 is 11.7 Å².